The van der Waals surface area contributed by atoms with E-state index < -0.39 is 10.0 Å². The fourth-order valence-corrected chi connectivity index (χ4v) is 4.35. The van der Waals surface area contributed by atoms with E-state index in [1.807, 2.05) is 43.3 Å². The molecule has 2 aromatic carbocycles. The molecule has 8 heteroatoms. The molecule has 0 bridgehead atoms. The first kappa shape index (κ1) is 17.4. The smallest absolute Gasteiger partial charge is 0.238 e. The van der Waals surface area contributed by atoms with E-state index in [1.165, 1.54) is 11.3 Å². The number of anilines is 1. The van der Waals surface area contributed by atoms with Gasteiger partial charge in [0.25, 0.3) is 0 Å². The van der Waals surface area contributed by atoms with Crippen LogP contribution in [0, 0.1) is 6.92 Å². The molecule has 0 aliphatic rings. The predicted octanol–water partition coefficient (Wildman–Crippen LogP) is 3.46. The van der Waals surface area contributed by atoms with Crippen molar-refractivity contribution in [3.8, 4) is 16.3 Å². The highest BCUT2D eigenvalue weighted by Crippen LogP contribution is 2.28. The van der Waals surface area contributed by atoms with E-state index >= 15 is 0 Å². The summed E-state index contributed by atoms with van der Waals surface area (Å²) in [4.78, 5) is 0. The average molecular weight is 375 g/mol. The van der Waals surface area contributed by atoms with Crippen molar-refractivity contribution in [2.24, 2.45) is 0 Å². The number of hydrogen-bond acceptors (Lipinski definition) is 6. The van der Waals surface area contributed by atoms with Gasteiger partial charge in [-0.05, 0) is 36.8 Å². The quantitative estimate of drug-likeness (QED) is 0.713. The minimum atomic E-state index is -3.54. The third-order valence-electron chi connectivity index (χ3n) is 3.48. The number of methoxy groups -OCH3 is 1. The molecular weight excluding hydrogens is 358 g/mol. The van der Waals surface area contributed by atoms with E-state index in [-0.39, 0.29) is 10.9 Å². The lowest BCUT2D eigenvalue weighted by Gasteiger charge is -2.05. The van der Waals surface area contributed by atoms with Crippen LogP contribution in [0.4, 0.5) is 5.13 Å². The molecule has 1 N–H and O–H groups in total. The highest BCUT2D eigenvalue weighted by Gasteiger charge is 2.15. The van der Waals surface area contributed by atoms with Gasteiger partial charge < -0.3 is 4.74 Å². The van der Waals surface area contributed by atoms with Crippen LogP contribution in [0.15, 0.2) is 48.5 Å². The van der Waals surface area contributed by atoms with Gasteiger partial charge in [-0.25, -0.2) is 8.42 Å². The largest absolute Gasteiger partial charge is 0.497 e. The van der Waals surface area contributed by atoms with Gasteiger partial charge in [0.1, 0.15) is 10.8 Å². The maximum Gasteiger partial charge on any atom is 0.238 e. The zero-order chi connectivity index (χ0) is 17.9. The van der Waals surface area contributed by atoms with Gasteiger partial charge in [-0.1, -0.05) is 41.2 Å². The second kappa shape index (κ2) is 7.20. The van der Waals surface area contributed by atoms with Crippen LogP contribution in [0.5, 0.6) is 5.75 Å². The highest BCUT2D eigenvalue weighted by molar-refractivity contribution is 7.92. The van der Waals surface area contributed by atoms with Gasteiger partial charge in [-0.15, -0.1) is 10.2 Å². The molecule has 0 atom stereocenters. The molecule has 1 aromatic heterocycles. The van der Waals surface area contributed by atoms with Crippen molar-refractivity contribution in [1.82, 2.24) is 10.2 Å². The van der Waals surface area contributed by atoms with Crippen molar-refractivity contribution >= 4 is 26.5 Å². The van der Waals surface area contributed by atoms with E-state index in [9.17, 15) is 8.42 Å². The SMILES string of the molecule is COc1ccc(-c2nnc(NS(=O)(=O)Cc3ccc(C)cc3)s2)cc1. The van der Waals surface area contributed by atoms with Crippen LogP contribution in [-0.2, 0) is 15.8 Å². The molecule has 0 amide bonds. The summed E-state index contributed by atoms with van der Waals surface area (Å²) < 4.78 is 32.2. The average Bonchev–Trinajstić information content (AvgIpc) is 3.04. The van der Waals surface area contributed by atoms with E-state index in [1.54, 1.807) is 19.2 Å². The van der Waals surface area contributed by atoms with Crippen LogP contribution < -0.4 is 9.46 Å². The summed E-state index contributed by atoms with van der Waals surface area (Å²) in [6.07, 6.45) is 0. The van der Waals surface area contributed by atoms with Crippen LogP contribution in [0.1, 0.15) is 11.1 Å². The summed E-state index contributed by atoms with van der Waals surface area (Å²) in [7, 11) is -1.94. The third kappa shape index (κ3) is 4.55. The molecule has 0 saturated carbocycles. The van der Waals surface area contributed by atoms with Gasteiger partial charge >= 0.3 is 0 Å². The number of sulfonamides is 1. The van der Waals surface area contributed by atoms with Gasteiger partial charge in [-0.3, -0.25) is 4.72 Å². The topological polar surface area (TPSA) is 81.2 Å². The Morgan fingerprint density at radius 2 is 1.72 bits per heavy atom. The predicted molar refractivity (Wildman–Crippen MR) is 99.3 cm³/mol. The maximum absolute atomic E-state index is 12.3. The molecule has 25 heavy (non-hydrogen) atoms. The summed E-state index contributed by atoms with van der Waals surface area (Å²) in [5.74, 6) is 0.636. The molecular formula is C17H17N3O3S2. The number of aryl methyl sites for hydroxylation is 1. The number of nitrogens with one attached hydrogen (secondary N) is 1. The molecule has 130 valence electrons. The summed E-state index contributed by atoms with van der Waals surface area (Å²) in [5, 5.41) is 8.85. The van der Waals surface area contributed by atoms with Gasteiger partial charge in [-0.2, -0.15) is 0 Å². The molecule has 0 fully saturated rings. The molecule has 6 nitrogen and oxygen atoms in total. The van der Waals surface area contributed by atoms with Crippen molar-refractivity contribution in [2.45, 2.75) is 12.7 Å². The van der Waals surface area contributed by atoms with Crippen molar-refractivity contribution < 1.29 is 13.2 Å². The molecule has 3 aromatic rings. The first-order chi connectivity index (χ1) is 11.9. The monoisotopic (exact) mass is 375 g/mol. The Bertz CT molecular complexity index is 950. The third-order valence-corrected chi connectivity index (χ3v) is 5.72. The van der Waals surface area contributed by atoms with Crippen molar-refractivity contribution in [1.29, 1.82) is 0 Å². The van der Waals surface area contributed by atoms with E-state index in [0.29, 0.717) is 5.01 Å². The summed E-state index contributed by atoms with van der Waals surface area (Å²) >= 11 is 1.19. The minimum absolute atomic E-state index is 0.106. The number of aromatic nitrogens is 2. The first-order valence-electron chi connectivity index (χ1n) is 7.49. The van der Waals surface area contributed by atoms with Crippen LogP contribution in [0.3, 0.4) is 0 Å². The summed E-state index contributed by atoms with van der Waals surface area (Å²) in [6, 6.07) is 14.7. The molecule has 3 rings (SSSR count). The normalized spacial score (nSPS) is 11.3. The Kier molecular flexibility index (Phi) is 5.00. The molecule has 0 spiro atoms. The van der Waals surface area contributed by atoms with Gasteiger partial charge in [0, 0.05) is 5.56 Å². The number of rotatable bonds is 6. The number of nitrogens with zero attached hydrogens (tertiary/aromatic N) is 2. The van der Waals surface area contributed by atoms with E-state index in [0.717, 1.165) is 22.4 Å². The number of hydrogen-bond donors (Lipinski definition) is 1. The Morgan fingerprint density at radius 1 is 1.04 bits per heavy atom. The second-order valence-corrected chi connectivity index (χ2v) is 8.19. The number of benzene rings is 2. The van der Waals surface area contributed by atoms with Crippen molar-refractivity contribution in [2.75, 3.05) is 11.8 Å². The van der Waals surface area contributed by atoms with E-state index in [4.69, 9.17) is 4.74 Å². The van der Waals surface area contributed by atoms with Gasteiger partial charge in [0.2, 0.25) is 15.2 Å². The fourth-order valence-electron chi connectivity index (χ4n) is 2.19. The molecule has 0 radical (unpaired) electrons. The van der Waals surface area contributed by atoms with Gasteiger partial charge in [0.15, 0.2) is 0 Å². The van der Waals surface area contributed by atoms with Crippen LogP contribution >= 0.6 is 11.3 Å². The zero-order valence-electron chi connectivity index (χ0n) is 13.8. The molecule has 0 unspecified atom stereocenters. The highest BCUT2D eigenvalue weighted by atomic mass is 32.2. The standard InChI is InChI=1S/C17H17N3O3S2/c1-12-3-5-13(6-4-12)11-25(21,22)20-17-19-18-16(24-17)14-7-9-15(23-2)10-8-14/h3-10H,11H2,1-2H3,(H,19,20). The van der Waals surface area contributed by atoms with Crippen LogP contribution in [0.25, 0.3) is 10.6 Å². The van der Waals surface area contributed by atoms with Crippen molar-refractivity contribution in [3.05, 3.63) is 59.7 Å². The summed E-state index contributed by atoms with van der Waals surface area (Å²) in [5.41, 5.74) is 2.66. The second-order valence-electron chi connectivity index (χ2n) is 5.49. The Balaban J connectivity index is 1.72. The first-order valence-corrected chi connectivity index (χ1v) is 9.96. The lowest BCUT2D eigenvalue weighted by Crippen LogP contribution is -2.14. The van der Waals surface area contributed by atoms with Gasteiger partial charge in [0.05, 0.1) is 12.9 Å². The summed E-state index contributed by atoms with van der Waals surface area (Å²) in [6.45, 7) is 1.96. The lowest BCUT2D eigenvalue weighted by atomic mass is 10.2. The van der Waals surface area contributed by atoms with Crippen molar-refractivity contribution in [3.63, 3.8) is 0 Å². The molecule has 0 aliphatic carbocycles. The van der Waals surface area contributed by atoms with Crippen LogP contribution in [0.2, 0.25) is 0 Å². The Labute approximate surface area is 150 Å². The fraction of sp³-hybridized carbons (Fsp3) is 0.176. The molecule has 0 saturated heterocycles. The Hall–Kier alpha value is -2.45. The zero-order valence-corrected chi connectivity index (χ0v) is 15.4. The minimum Gasteiger partial charge on any atom is -0.497 e. The number of ether oxygens (including phenoxy) is 1. The molecule has 1 heterocycles. The van der Waals surface area contributed by atoms with E-state index in [2.05, 4.69) is 14.9 Å². The lowest BCUT2D eigenvalue weighted by molar-refractivity contribution is 0.415. The van der Waals surface area contributed by atoms with Crippen LogP contribution in [-0.4, -0.2) is 25.7 Å². The molecule has 0 aliphatic heterocycles. The maximum atomic E-state index is 12.3. The Morgan fingerprint density at radius 3 is 2.36 bits per heavy atom.